The van der Waals surface area contributed by atoms with Gasteiger partial charge in [-0.05, 0) is 18.2 Å². The first-order valence-electron chi connectivity index (χ1n) is 4.98. The Hall–Kier alpha value is -2.28. The van der Waals surface area contributed by atoms with E-state index in [-0.39, 0.29) is 10.6 Å². The van der Waals surface area contributed by atoms with Crippen molar-refractivity contribution in [3.63, 3.8) is 0 Å². The molecule has 0 aliphatic heterocycles. The van der Waals surface area contributed by atoms with Crippen LogP contribution in [0.5, 0.6) is 0 Å². The van der Waals surface area contributed by atoms with Crippen molar-refractivity contribution in [2.24, 2.45) is 0 Å². The summed E-state index contributed by atoms with van der Waals surface area (Å²) in [7, 11) is -3.77. The number of nitrogens with one attached hydrogen (secondary N) is 2. The highest BCUT2D eigenvalue weighted by Crippen LogP contribution is 2.16. The third-order valence-corrected chi connectivity index (χ3v) is 3.58. The number of anilines is 1. The molecular formula is C11H10N2O4S. The first-order valence-corrected chi connectivity index (χ1v) is 6.47. The zero-order valence-corrected chi connectivity index (χ0v) is 9.94. The van der Waals surface area contributed by atoms with Crippen molar-refractivity contribution in [3.8, 4) is 0 Å². The Bertz CT molecular complexity index is 661. The Morgan fingerprint density at radius 3 is 2.44 bits per heavy atom. The van der Waals surface area contributed by atoms with E-state index in [1.807, 2.05) is 0 Å². The fourth-order valence-corrected chi connectivity index (χ4v) is 2.42. The molecule has 0 bridgehead atoms. The van der Waals surface area contributed by atoms with Crippen LogP contribution in [0.1, 0.15) is 10.5 Å². The molecule has 0 aliphatic rings. The average Bonchev–Trinajstić information content (AvgIpc) is 2.79. The molecular weight excluding hydrogens is 256 g/mol. The minimum atomic E-state index is -3.77. The van der Waals surface area contributed by atoms with Gasteiger partial charge in [-0.1, -0.05) is 18.2 Å². The molecule has 0 fully saturated rings. The van der Waals surface area contributed by atoms with Crippen molar-refractivity contribution in [2.75, 3.05) is 4.72 Å². The van der Waals surface area contributed by atoms with E-state index in [2.05, 4.69) is 9.71 Å². The molecule has 1 heterocycles. The van der Waals surface area contributed by atoms with Crippen molar-refractivity contribution in [2.45, 2.75) is 4.90 Å². The number of para-hydroxylation sites is 1. The summed E-state index contributed by atoms with van der Waals surface area (Å²) in [5, 5.41) is 8.71. The summed E-state index contributed by atoms with van der Waals surface area (Å²) in [5.74, 6) is -1.21. The predicted molar refractivity (Wildman–Crippen MR) is 65.0 cm³/mol. The Morgan fingerprint density at radius 2 is 1.89 bits per heavy atom. The van der Waals surface area contributed by atoms with Gasteiger partial charge in [0.05, 0.1) is 0 Å². The van der Waals surface area contributed by atoms with Crippen LogP contribution in [-0.4, -0.2) is 24.5 Å². The number of carboxylic acids is 1. The van der Waals surface area contributed by atoms with Gasteiger partial charge >= 0.3 is 5.97 Å². The second-order valence-electron chi connectivity index (χ2n) is 3.53. The van der Waals surface area contributed by atoms with Crippen LogP contribution in [0.15, 0.2) is 47.5 Å². The molecule has 0 aliphatic carbocycles. The fourth-order valence-electron chi connectivity index (χ4n) is 1.37. The molecule has 3 N–H and O–H groups in total. The highest BCUT2D eigenvalue weighted by molar-refractivity contribution is 7.92. The van der Waals surface area contributed by atoms with Gasteiger partial charge in [0.2, 0.25) is 0 Å². The number of hydrogen-bond acceptors (Lipinski definition) is 3. The van der Waals surface area contributed by atoms with Crippen molar-refractivity contribution in [3.05, 3.63) is 48.3 Å². The SMILES string of the molecule is O=C(O)c1cc(S(=O)(=O)Nc2ccccc2)c[nH]1. The number of aromatic carboxylic acids is 1. The third kappa shape index (κ3) is 2.51. The van der Waals surface area contributed by atoms with Gasteiger partial charge in [-0.15, -0.1) is 0 Å². The van der Waals surface area contributed by atoms with Gasteiger partial charge in [-0.2, -0.15) is 0 Å². The molecule has 0 atom stereocenters. The van der Waals surface area contributed by atoms with E-state index in [1.54, 1.807) is 30.3 Å². The molecule has 0 unspecified atom stereocenters. The first-order chi connectivity index (χ1) is 8.49. The molecule has 2 rings (SSSR count). The van der Waals surface area contributed by atoms with E-state index < -0.39 is 16.0 Å². The van der Waals surface area contributed by atoms with Gasteiger partial charge in [-0.25, -0.2) is 13.2 Å². The Kier molecular flexibility index (Phi) is 3.07. The second-order valence-corrected chi connectivity index (χ2v) is 5.21. The molecule has 1 aromatic heterocycles. The minimum Gasteiger partial charge on any atom is -0.477 e. The summed E-state index contributed by atoms with van der Waals surface area (Å²) >= 11 is 0. The lowest BCUT2D eigenvalue weighted by Gasteiger charge is -2.05. The van der Waals surface area contributed by atoms with Crippen LogP contribution in [-0.2, 0) is 10.0 Å². The van der Waals surface area contributed by atoms with E-state index in [0.717, 1.165) is 12.3 Å². The lowest BCUT2D eigenvalue weighted by molar-refractivity contribution is 0.0691. The quantitative estimate of drug-likeness (QED) is 0.781. The lowest BCUT2D eigenvalue weighted by atomic mass is 10.3. The normalized spacial score (nSPS) is 11.1. The van der Waals surface area contributed by atoms with Crippen molar-refractivity contribution in [1.82, 2.24) is 4.98 Å². The number of aromatic nitrogens is 1. The van der Waals surface area contributed by atoms with E-state index >= 15 is 0 Å². The number of carboxylic acid groups (broad SMARTS) is 1. The number of aromatic amines is 1. The summed E-state index contributed by atoms with van der Waals surface area (Å²) in [4.78, 5) is 12.9. The summed E-state index contributed by atoms with van der Waals surface area (Å²) < 4.78 is 26.2. The van der Waals surface area contributed by atoms with E-state index in [4.69, 9.17) is 5.11 Å². The summed E-state index contributed by atoms with van der Waals surface area (Å²) in [6, 6.07) is 9.41. The monoisotopic (exact) mass is 266 g/mol. The average molecular weight is 266 g/mol. The van der Waals surface area contributed by atoms with Gasteiger partial charge in [0.25, 0.3) is 10.0 Å². The molecule has 2 aromatic rings. The van der Waals surface area contributed by atoms with Crippen LogP contribution >= 0.6 is 0 Å². The number of H-pyrrole nitrogens is 1. The van der Waals surface area contributed by atoms with Crippen LogP contribution in [0.25, 0.3) is 0 Å². The number of hydrogen-bond donors (Lipinski definition) is 3. The van der Waals surface area contributed by atoms with E-state index in [1.165, 1.54) is 0 Å². The topological polar surface area (TPSA) is 99.3 Å². The number of carbonyl (C=O) groups is 1. The number of rotatable bonds is 4. The van der Waals surface area contributed by atoms with Crippen molar-refractivity contribution in [1.29, 1.82) is 0 Å². The van der Waals surface area contributed by atoms with Crippen molar-refractivity contribution >= 4 is 21.7 Å². The van der Waals surface area contributed by atoms with Gasteiger partial charge in [0, 0.05) is 11.9 Å². The zero-order valence-electron chi connectivity index (χ0n) is 9.12. The Labute approximate surface area is 103 Å². The molecule has 18 heavy (non-hydrogen) atoms. The van der Waals surface area contributed by atoms with Gasteiger partial charge in [0.15, 0.2) is 0 Å². The van der Waals surface area contributed by atoms with Gasteiger partial charge in [-0.3, -0.25) is 4.72 Å². The van der Waals surface area contributed by atoms with Crippen LogP contribution in [0.3, 0.4) is 0 Å². The first kappa shape index (κ1) is 12.2. The molecule has 0 spiro atoms. The third-order valence-electron chi connectivity index (χ3n) is 2.22. The maximum atomic E-state index is 11.9. The largest absolute Gasteiger partial charge is 0.477 e. The maximum Gasteiger partial charge on any atom is 0.352 e. The summed E-state index contributed by atoms with van der Waals surface area (Å²) in [6.45, 7) is 0. The summed E-state index contributed by atoms with van der Waals surface area (Å²) in [5.41, 5.74) is 0.235. The molecule has 94 valence electrons. The van der Waals surface area contributed by atoms with Crippen LogP contribution < -0.4 is 4.72 Å². The fraction of sp³-hybridized carbons (Fsp3) is 0. The van der Waals surface area contributed by atoms with E-state index in [9.17, 15) is 13.2 Å². The maximum absolute atomic E-state index is 11.9. The highest BCUT2D eigenvalue weighted by atomic mass is 32.2. The lowest BCUT2D eigenvalue weighted by Crippen LogP contribution is -2.12. The Morgan fingerprint density at radius 1 is 1.22 bits per heavy atom. The molecule has 7 heteroatoms. The molecule has 1 aromatic carbocycles. The minimum absolute atomic E-state index is 0.122. The molecule has 0 saturated carbocycles. The van der Waals surface area contributed by atoms with Crippen LogP contribution in [0.4, 0.5) is 5.69 Å². The number of benzene rings is 1. The standard InChI is InChI=1S/C11H10N2O4S/c14-11(15)10-6-9(7-12-10)18(16,17)13-8-4-2-1-3-5-8/h1-7,12-13H,(H,14,15). The Balaban J connectivity index is 2.28. The summed E-state index contributed by atoms with van der Waals surface area (Å²) in [6.07, 6.45) is 1.13. The number of sulfonamides is 1. The van der Waals surface area contributed by atoms with Crippen LogP contribution in [0, 0.1) is 0 Å². The molecule has 0 radical (unpaired) electrons. The van der Waals surface area contributed by atoms with Gasteiger partial charge in [0.1, 0.15) is 10.6 Å². The highest BCUT2D eigenvalue weighted by Gasteiger charge is 2.18. The molecule has 0 amide bonds. The smallest absolute Gasteiger partial charge is 0.352 e. The van der Waals surface area contributed by atoms with Crippen LogP contribution in [0.2, 0.25) is 0 Å². The zero-order chi connectivity index (χ0) is 13.2. The molecule has 6 nitrogen and oxygen atoms in total. The second kappa shape index (κ2) is 4.53. The van der Waals surface area contributed by atoms with E-state index in [0.29, 0.717) is 5.69 Å². The predicted octanol–water partition coefficient (Wildman–Crippen LogP) is 1.51. The van der Waals surface area contributed by atoms with Crippen molar-refractivity contribution < 1.29 is 18.3 Å². The van der Waals surface area contributed by atoms with Gasteiger partial charge < -0.3 is 10.1 Å². The molecule has 0 saturated heterocycles.